The van der Waals surface area contributed by atoms with E-state index in [0.717, 1.165) is 30.0 Å². The van der Waals surface area contributed by atoms with Crippen molar-refractivity contribution in [3.8, 4) is 11.4 Å². The van der Waals surface area contributed by atoms with Crippen LogP contribution >= 0.6 is 0 Å². The fourth-order valence-electron chi connectivity index (χ4n) is 2.87. The third-order valence-electron chi connectivity index (χ3n) is 3.94. The van der Waals surface area contributed by atoms with Crippen LogP contribution in [0.25, 0.3) is 22.4 Å². The number of aromatic nitrogens is 2. The van der Waals surface area contributed by atoms with Crippen LogP contribution in [0.15, 0.2) is 42.5 Å². The first-order valence-electron chi connectivity index (χ1n) is 7.81. The van der Waals surface area contributed by atoms with Crippen LogP contribution in [0.5, 0.6) is 0 Å². The van der Waals surface area contributed by atoms with Gasteiger partial charge in [0.25, 0.3) is 0 Å². The lowest BCUT2D eigenvalue weighted by molar-refractivity contribution is 0.140. The van der Waals surface area contributed by atoms with Crippen molar-refractivity contribution in [1.29, 1.82) is 0 Å². The Bertz CT molecular complexity index is 789. The van der Waals surface area contributed by atoms with E-state index in [9.17, 15) is 0 Å². The Morgan fingerprint density at radius 1 is 1.09 bits per heavy atom. The Labute approximate surface area is 131 Å². The molecular weight excluding hydrogens is 272 g/mol. The van der Waals surface area contributed by atoms with Gasteiger partial charge in [0.05, 0.1) is 17.6 Å². The number of hydrogen-bond donors (Lipinski definition) is 0. The molecule has 0 saturated heterocycles. The lowest BCUT2D eigenvalue weighted by Gasteiger charge is -2.11. The molecule has 0 atom stereocenters. The van der Waals surface area contributed by atoms with E-state index in [1.807, 2.05) is 13.0 Å². The summed E-state index contributed by atoms with van der Waals surface area (Å²) < 4.78 is 7.81. The number of aryl methyl sites for hydroxylation is 2. The topological polar surface area (TPSA) is 27.1 Å². The molecule has 0 N–H and O–H groups in total. The quantitative estimate of drug-likeness (QED) is 0.654. The van der Waals surface area contributed by atoms with Crippen LogP contribution in [0.3, 0.4) is 0 Å². The number of hydrogen-bond acceptors (Lipinski definition) is 2. The number of imidazole rings is 1. The van der Waals surface area contributed by atoms with Crippen molar-refractivity contribution < 1.29 is 4.74 Å². The van der Waals surface area contributed by atoms with Crippen LogP contribution in [0.1, 0.15) is 18.1 Å². The van der Waals surface area contributed by atoms with E-state index in [0.29, 0.717) is 6.61 Å². The number of fused-ring (bicyclic) bond motifs is 1. The lowest BCUT2D eigenvalue weighted by atomic mass is 10.1. The second-order valence-electron chi connectivity index (χ2n) is 5.59. The van der Waals surface area contributed by atoms with Gasteiger partial charge in [0.1, 0.15) is 5.82 Å². The summed E-state index contributed by atoms with van der Waals surface area (Å²) in [5.41, 5.74) is 5.93. The van der Waals surface area contributed by atoms with Crippen LogP contribution in [-0.2, 0) is 11.3 Å². The predicted molar refractivity (Wildman–Crippen MR) is 91.1 cm³/mol. The molecule has 0 saturated carbocycles. The van der Waals surface area contributed by atoms with Crippen molar-refractivity contribution in [2.75, 3.05) is 13.2 Å². The van der Waals surface area contributed by atoms with E-state index < -0.39 is 0 Å². The van der Waals surface area contributed by atoms with Crippen molar-refractivity contribution in [1.82, 2.24) is 9.55 Å². The second-order valence-corrected chi connectivity index (χ2v) is 5.59. The van der Waals surface area contributed by atoms with Crippen LogP contribution in [0.2, 0.25) is 0 Å². The number of ether oxygens (including phenoxy) is 1. The summed E-state index contributed by atoms with van der Waals surface area (Å²) in [4.78, 5) is 4.86. The fourth-order valence-corrected chi connectivity index (χ4v) is 2.87. The average molecular weight is 294 g/mol. The third-order valence-corrected chi connectivity index (χ3v) is 3.94. The Kier molecular flexibility index (Phi) is 4.25. The minimum absolute atomic E-state index is 0.703. The lowest BCUT2D eigenvalue weighted by Crippen LogP contribution is -2.07. The van der Waals surface area contributed by atoms with E-state index in [1.165, 1.54) is 16.7 Å². The Hall–Kier alpha value is -2.13. The Morgan fingerprint density at radius 3 is 2.68 bits per heavy atom. The average Bonchev–Trinajstić information content (AvgIpc) is 2.86. The SMILES string of the molecule is CCOCCn1c(-c2ccc(C)cc2C)nc2ccccc21. The normalized spacial score (nSPS) is 11.2. The van der Waals surface area contributed by atoms with Crippen LogP contribution in [-0.4, -0.2) is 22.8 Å². The van der Waals surface area contributed by atoms with Gasteiger partial charge >= 0.3 is 0 Å². The Morgan fingerprint density at radius 2 is 1.91 bits per heavy atom. The predicted octanol–water partition coefficient (Wildman–Crippen LogP) is 4.36. The Balaban J connectivity index is 2.12. The smallest absolute Gasteiger partial charge is 0.141 e. The molecule has 0 fully saturated rings. The van der Waals surface area contributed by atoms with Crippen molar-refractivity contribution in [2.24, 2.45) is 0 Å². The number of benzene rings is 2. The van der Waals surface area contributed by atoms with Gasteiger partial charge in [-0.15, -0.1) is 0 Å². The maximum Gasteiger partial charge on any atom is 0.141 e. The van der Waals surface area contributed by atoms with Crippen molar-refractivity contribution in [3.05, 3.63) is 53.6 Å². The molecule has 0 aliphatic heterocycles. The molecule has 3 rings (SSSR count). The molecule has 0 aliphatic rings. The molecule has 3 aromatic rings. The first-order valence-corrected chi connectivity index (χ1v) is 7.81. The molecule has 22 heavy (non-hydrogen) atoms. The molecule has 3 nitrogen and oxygen atoms in total. The molecule has 0 radical (unpaired) electrons. The first-order chi connectivity index (χ1) is 10.7. The van der Waals surface area contributed by atoms with Gasteiger partial charge < -0.3 is 9.30 Å². The van der Waals surface area contributed by atoms with Gasteiger partial charge in [0.15, 0.2) is 0 Å². The van der Waals surface area contributed by atoms with E-state index in [-0.39, 0.29) is 0 Å². The zero-order chi connectivity index (χ0) is 15.5. The van der Waals surface area contributed by atoms with Crippen LogP contribution < -0.4 is 0 Å². The molecule has 114 valence electrons. The number of rotatable bonds is 5. The van der Waals surface area contributed by atoms with Gasteiger partial charge in [-0.05, 0) is 38.5 Å². The maximum absolute atomic E-state index is 5.55. The molecule has 2 aromatic carbocycles. The molecule has 0 aliphatic carbocycles. The van der Waals surface area contributed by atoms with E-state index >= 15 is 0 Å². The van der Waals surface area contributed by atoms with Gasteiger partial charge in [-0.3, -0.25) is 0 Å². The molecule has 0 spiro atoms. The number of nitrogens with zero attached hydrogens (tertiary/aromatic N) is 2. The van der Waals surface area contributed by atoms with E-state index in [4.69, 9.17) is 9.72 Å². The van der Waals surface area contributed by atoms with E-state index in [1.54, 1.807) is 0 Å². The maximum atomic E-state index is 5.55. The van der Waals surface area contributed by atoms with Gasteiger partial charge in [-0.2, -0.15) is 0 Å². The zero-order valence-corrected chi connectivity index (χ0v) is 13.5. The highest BCUT2D eigenvalue weighted by molar-refractivity contribution is 5.81. The van der Waals surface area contributed by atoms with Crippen molar-refractivity contribution >= 4 is 11.0 Å². The largest absolute Gasteiger partial charge is 0.380 e. The summed E-state index contributed by atoms with van der Waals surface area (Å²) in [5, 5.41) is 0. The minimum atomic E-state index is 0.703. The third kappa shape index (κ3) is 2.77. The molecule has 1 aromatic heterocycles. The van der Waals surface area contributed by atoms with E-state index in [2.05, 4.69) is 54.8 Å². The fraction of sp³-hybridized carbons (Fsp3) is 0.316. The second kappa shape index (κ2) is 6.32. The number of para-hydroxylation sites is 2. The van der Waals surface area contributed by atoms with Gasteiger partial charge in [-0.25, -0.2) is 4.98 Å². The summed E-state index contributed by atoms with van der Waals surface area (Å²) in [7, 11) is 0. The highest BCUT2D eigenvalue weighted by Crippen LogP contribution is 2.27. The van der Waals surface area contributed by atoms with Crippen molar-refractivity contribution in [3.63, 3.8) is 0 Å². The summed E-state index contributed by atoms with van der Waals surface area (Å²) in [6, 6.07) is 14.8. The van der Waals surface area contributed by atoms with Crippen LogP contribution in [0.4, 0.5) is 0 Å². The van der Waals surface area contributed by atoms with Gasteiger partial charge in [0, 0.05) is 18.7 Å². The molecule has 0 bridgehead atoms. The van der Waals surface area contributed by atoms with Crippen LogP contribution in [0, 0.1) is 13.8 Å². The summed E-state index contributed by atoms with van der Waals surface area (Å²) in [6.45, 7) is 8.55. The zero-order valence-electron chi connectivity index (χ0n) is 13.5. The highest BCUT2D eigenvalue weighted by atomic mass is 16.5. The molecular formula is C19H22N2O. The summed E-state index contributed by atoms with van der Waals surface area (Å²) >= 11 is 0. The highest BCUT2D eigenvalue weighted by Gasteiger charge is 2.13. The molecule has 1 heterocycles. The van der Waals surface area contributed by atoms with Crippen molar-refractivity contribution in [2.45, 2.75) is 27.3 Å². The molecule has 0 amide bonds. The van der Waals surface area contributed by atoms with Gasteiger partial charge in [0.2, 0.25) is 0 Å². The molecule has 3 heteroatoms. The summed E-state index contributed by atoms with van der Waals surface area (Å²) in [6.07, 6.45) is 0. The summed E-state index contributed by atoms with van der Waals surface area (Å²) in [5.74, 6) is 1.03. The van der Waals surface area contributed by atoms with Gasteiger partial charge in [-0.1, -0.05) is 35.9 Å². The molecule has 0 unspecified atom stereocenters. The minimum Gasteiger partial charge on any atom is -0.380 e. The standard InChI is InChI=1S/C19H22N2O/c1-4-22-12-11-21-18-8-6-5-7-17(18)20-19(21)16-10-9-14(2)13-15(16)3/h5-10,13H,4,11-12H2,1-3H3. The monoisotopic (exact) mass is 294 g/mol. The first kappa shape index (κ1) is 14.8.